The number of aromatic nitrogens is 4. The number of aryl methyl sites for hydroxylation is 1. The van der Waals surface area contributed by atoms with E-state index < -0.39 is 15.9 Å². The van der Waals surface area contributed by atoms with Crippen molar-refractivity contribution in [3.8, 4) is 0 Å². The van der Waals surface area contributed by atoms with Crippen LogP contribution in [-0.2, 0) is 11.3 Å². The van der Waals surface area contributed by atoms with Crippen LogP contribution in [0.3, 0.4) is 0 Å². The van der Waals surface area contributed by atoms with Crippen molar-refractivity contribution in [3.05, 3.63) is 43.9 Å². The van der Waals surface area contributed by atoms with E-state index in [0.717, 1.165) is 6.20 Å². The number of nitro groups is 2. The lowest BCUT2D eigenvalue weighted by Crippen LogP contribution is -2.34. The second-order valence-electron chi connectivity index (χ2n) is 5.41. The molecule has 1 unspecified atom stereocenters. The van der Waals surface area contributed by atoms with Crippen molar-refractivity contribution in [2.24, 2.45) is 0 Å². The van der Waals surface area contributed by atoms with E-state index in [4.69, 9.17) is 0 Å². The largest absolute Gasteiger partial charge is 0.390 e. The molecular formula is C13H17N7O5. The zero-order valence-corrected chi connectivity index (χ0v) is 13.9. The summed E-state index contributed by atoms with van der Waals surface area (Å²) in [5.74, 6) is -0.628. The Kier molecular flexibility index (Phi) is 5.10. The van der Waals surface area contributed by atoms with Gasteiger partial charge in [-0.05, 0) is 25.7 Å². The van der Waals surface area contributed by atoms with Gasteiger partial charge in [0, 0.05) is 6.54 Å². The molecule has 1 N–H and O–H groups in total. The first-order valence-corrected chi connectivity index (χ1v) is 7.37. The van der Waals surface area contributed by atoms with Crippen molar-refractivity contribution in [1.29, 1.82) is 0 Å². The lowest BCUT2D eigenvalue weighted by Gasteiger charge is -2.13. The van der Waals surface area contributed by atoms with Gasteiger partial charge in [-0.15, -0.1) is 0 Å². The Morgan fingerprint density at radius 3 is 2.52 bits per heavy atom. The molecule has 1 amide bonds. The minimum Gasteiger partial charge on any atom is -0.358 e. The zero-order valence-electron chi connectivity index (χ0n) is 13.9. The van der Waals surface area contributed by atoms with Gasteiger partial charge in [0.15, 0.2) is 0 Å². The second-order valence-corrected chi connectivity index (χ2v) is 5.41. The van der Waals surface area contributed by atoms with Crippen LogP contribution in [0.15, 0.2) is 12.3 Å². The fourth-order valence-electron chi connectivity index (χ4n) is 2.34. The molecule has 0 aliphatic heterocycles. The SMILES string of the molecule is Cc1cc([N+](=O)[O-])nn1CCNC(=O)C(C)n1ncc([N+](=O)[O-])c1C. The molecule has 0 fully saturated rings. The van der Waals surface area contributed by atoms with E-state index in [1.54, 1.807) is 13.8 Å². The van der Waals surface area contributed by atoms with E-state index in [-0.39, 0.29) is 36.2 Å². The molecule has 0 aromatic carbocycles. The highest BCUT2D eigenvalue weighted by Crippen LogP contribution is 2.19. The third-order valence-electron chi connectivity index (χ3n) is 3.74. The van der Waals surface area contributed by atoms with Crippen molar-refractivity contribution >= 4 is 17.4 Å². The van der Waals surface area contributed by atoms with Crippen LogP contribution >= 0.6 is 0 Å². The number of amides is 1. The number of carbonyl (C=O) groups excluding carboxylic acids is 1. The van der Waals surface area contributed by atoms with Crippen molar-refractivity contribution in [1.82, 2.24) is 24.9 Å². The fraction of sp³-hybridized carbons (Fsp3) is 0.462. The highest BCUT2D eigenvalue weighted by molar-refractivity contribution is 5.79. The van der Waals surface area contributed by atoms with E-state index in [0.29, 0.717) is 5.69 Å². The monoisotopic (exact) mass is 351 g/mol. The molecule has 2 heterocycles. The summed E-state index contributed by atoms with van der Waals surface area (Å²) in [5, 5.41) is 31.9. The molecule has 25 heavy (non-hydrogen) atoms. The molecule has 0 radical (unpaired) electrons. The first kappa shape index (κ1) is 18.0. The van der Waals surface area contributed by atoms with Crippen LogP contribution in [0.2, 0.25) is 0 Å². The molecule has 2 aromatic heterocycles. The molecule has 2 aromatic rings. The van der Waals surface area contributed by atoms with Crippen LogP contribution in [0.4, 0.5) is 11.5 Å². The summed E-state index contributed by atoms with van der Waals surface area (Å²) in [6, 6.07) is 0.609. The summed E-state index contributed by atoms with van der Waals surface area (Å²) in [6.07, 6.45) is 1.10. The van der Waals surface area contributed by atoms with E-state index in [9.17, 15) is 25.0 Å². The first-order chi connectivity index (χ1) is 11.7. The molecule has 0 saturated heterocycles. The Labute approximate surface area is 141 Å². The molecular weight excluding hydrogens is 334 g/mol. The minimum absolute atomic E-state index is 0.154. The summed E-state index contributed by atoms with van der Waals surface area (Å²) in [5.41, 5.74) is 0.734. The van der Waals surface area contributed by atoms with Gasteiger partial charge in [0.2, 0.25) is 5.91 Å². The molecule has 0 aliphatic rings. The molecule has 12 heteroatoms. The molecule has 0 saturated carbocycles. The topological polar surface area (TPSA) is 151 Å². The third-order valence-corrected chi connectivity index (χ3v) is 3.74. The average molecular weight is 351 g/mol. The summed E-state index contributed by atoms with van der Waals surface area (Å²) in [4.78, 5) is 32.6. The van der Waals surface area contributed by atoms with Gasteiger partial charge in [-0.1, -0.05) is 0 Å². The van der Waals surface area contributed by atoms with Crippen molar-refractivity contribution in [2.45, 2.75) is 33.4 Å². The Morgan fingerprint density at radius 1 is 1.32 bits per heavy atom. The normalized spacial score (nSPS) is 12.0. The van der Waals surface area contributed by atoms with E-state index in [2.05, 4.69) is 15.5 Å². The van der Waals surface area contributed by atoms with E-state index in [1.165, 1.54) is 22.4 Å². The smallest absolute Gasteiger partial charge is 0.358 e. The highest BCUT2D eigenvalue weighted by Gasteiger charge is 2.23. The maximum Gasteiger partial charge on any atom is 0.390 e. The van der Waals surface area contributed by atoms with Gasteiger partial charge in [-0.2, -0.15) is 9.78 Å². The number of rotatable bonds is 7. The molecule has 134 valence electrons. The Bertz CT molecular complexity index is 825. The van der Waals surface area contributed by atoms with Crippen molar-refractivity contribution < 1.29 is 14.6 Å². The minimum atomic E-state index is -0.734. The number of hydrogen-bond donors (Lipinski definition) is 1. The quantitative estimate of drug-likeness (QED) is 0.574. The van der Waals surface area contributed by atoms with Gasteiger partial charge in [0.1, 0.15) is 17.9 Å². The molecule has 0 aliphatic carbocycles. The number of hydrogen-bond acceptors (Lipinski definition) is 7. The predicted octanol–water partition coefficient (Wildman–Crippen LogP) is 0.890. The molecule has 1 atom stereocenters. The maximum absolute atomic E-state index is 12.2. The fourth-order valence-corrected chi connectivity index (χ4v) is 2.34. The predicted molar refractivity (Wildman–Crippen MR) is 85.0 cm³/mol. The van der Waals surface area contributed by atoms with Crippen LogP contribution in [0, 0.1) is 34.1 Å². The first-order valence-electron chi connectivity index (χ1n) is 7.37. The summed E-state index contributed by atoms with van der Waals surface area (Å²) in [6.45, 7) is 5.22. The number of nitrogens with one attached hydrogen (secondary N) is 1. The Balaban J connectivity index is 1.96. The van der Waals surface area contributed by atoms with Crippen molar-refractivity contribution in [2.75, 3.05) is 6.54 Å². The van der Waals surface area contributed by atoms with E-state index >= 15 is 0 Å². The van der Waals surface area contributed by atoms with Crippen molar-refractivity contribution in [3.63, 3.8) is 0 Å². The summed E-state index contributed by atoms with van der Waals surface area (Å²) >= 11 is 0. The second kappa shape index (κ2) is 7.07. The lowest BCUT2D eigenvalue weighted by molar-refractivity contribution is -0.389. The molecule has 2 rings (SSSR count). The standard InChI is InChI=1S/C13H17N7O5/c1-8-6-12(20(24)25)16-17(8)5-4-14-13(21)10(3)18-9(2)11(7-15-18)19(22)23/h6-7,10H,4-5H2,1-3H3,(H,14,21). The summed E-state index contributed by atoms with van der Waals surface area (Å²) in [7, 11) is 0. The summed E-state index contributed by atoms with van der Waals surface area (Å²) < 4.78 is 2.70. The lowest BCUT2D eigenvalue weighted by atomic mass is 10.3. The highest BCUT2D eigenvalue weighted by atomic mass is 16.6. The Morgan fingerprint density at radius 2 is 2.00 bits per heavy atom. The van der Waals surface area contributed by atoms with Gasteiger partial charge >= 0.3 is 11.5 Å². The van der Waals surface area contributed by atoms with Crippen LogP contribution in [-0.4, -0.2) is 41.9 Å². The zero-order chi connectivity index (χ0) is 18.7. The van der Waals surface area contributed by atoms with Gasteiger partial charge < -0.3 is 15.4 Å². The van der Waals surface area contributed by atoms with Gasteiger partial charge in [-0.25, -0.2) is 0 Å². The molecule has 12 nitrogen and oxygen atoms in total. The molecule has 0 bridgehead atoms. The van der Waals surface area contributed by atoms with Gasteiger partial charge in [-0.3, -0.25) is 19.6 Å². The molecule has 0 spiro atoms. The maximum atomic E-state index is 12.2. The van der Waals surface area contributed by atoms with Gasteiger partial charge in [0.05, 0.1) is 28.3 Å². The number of carbonyl (C=O) groups is 1. The van der Waals surface area contributed by atoms with E-state index in [1.807, 2.05) is 0 Å². The van der Waals surface area contributed by atoms with Gasteiger partial charge in [0.25, 0.3) is 0 Å². The van der Waals surface area contributed by atoms with Crippen LogP contribution in [0.5, 0.6) is 0 Å². The van der Waals surface area contributed by atoms with Crippen LogP contribution < -0.4 is 5.32 Å². The Hall–Kier alpha value is -3.31. The number of nitrogens with zero attached hydrogens (tertiary/aromatic N) is 6. The van der Waals surface area contributed by atoms with Crippen LogP contribution in [0.1, 0.15) is 24.4 Å². The average Bonchev–Trinajstić information content (AvgIpc) is 3.10. The van der Waals surface area contributed by atoms with Crippen LogP contribution in [0.25, 0.3) is 0 Å². The third kappa shape index (κ3) is 3.79.